The van der Waals surface area contributed by atoms with Gasteiger partial charge in [-0.3, -0.25) is 0 Å². The van der Waals surface area contributed by atoms with E-state index < -0.39 is 6.03 Å². The van der Waals surface area contributed by atoms with Gasteiger partial charge in [0.05, 0.1) is 18.4 Å². The van der Waals surface area contributed by atoms with Crippen LogP contribution in [0.1, 0.15) is 22.8 Å². The number of rotatable bonds is 5. The summed E-state index contributed by atoms with van der Waals surface area (Å²) in [4.78, 5) is 22.3. The van der Waals surface area contributed by atoms with Gasteiger partial charge in [0.2, 0.25) is 0 Å². The predicted molar refractivity (Wildman–Crippen MR) is 88.1 cm³/mol. The Morgan fingerprint density at radius 1 is 1.17 bits per heavy atom. The van der Waals surface area contributed by atoms with Crippen LogP contribution in [0.5, 0.6) is 0 Å². The highest BCUT2D eigenvalue weighted by Crippen LogP contribution is 2.23. The number of nitrogens with two attached hydrogens (primary N) is 1. The molecule has 118 valence electrons. The van der Waals surface area contributed by atoms with Crippen molar-refractivity contribution in [3.63, 3.8) is 0 Å². The Morgan fingerprint density at radius 3 is 2.52 bits per heavy atom. The van der Waals surface area contributed by atoms with Gasteiger partial charge in [0.1, 0.15) is 0 Å². The Labute approximate surface area is 134 Å². The molecule has 0 bridgehead atoms. The SMILES string of the molecule is CCOC(=O)c1ccc(-c2ccccc2C=NNC(N)=O)cc1. The number of urea groups is 1. The molecule has 0 saturated carbocycles. The van der Waals surface area contributed by atoms with Gasteiger partial charge in [-0.05, 0) is 30.2 Å². The quantitative estimate of drug-likeness (QED) is 0.505. The lowest BCUT2D eigenvalue weighted by atomic mass is 9.99. The van der Waals surface area contributed by atoms with Crippen LogP contribution in [0.15, 0.2) is 53.6 Å². The molecule has 0 aromatic heterocycles. The van der Waals surface area contributed by atoms with Crippen LogP contribution in [0.25, 0.3) is 11.1 Å². The molecule has 23 heavy (non-hydrogen) atoms. The molecule has 0 radical (unpaired) electrons. The topological polar surface area (TPSA) is 93.8 Å². The van der Waals surface area contributed by atoms with Crippen molar-refractivity contribution in [1.29, 1.82) is 0 Å². The van der Waals surface area contributed by atoms with Gasteiger partial charge in [0, 0.05) is 5.56 Å². The average Bonchev–Trinajstić information content (AvgIpc) is 2.55. The number of benzene rings is 2. The second-order valence-electron chi connectivity index (χ2n) is 4.62. The van der Waals surface area contributed by atoms with Crippen molar-refractivity contribution in [2.24, 2.45) is 10.8 Å². The van der Waals surface area contributed by atoms with Crippen LogP contribution in [0.3, 0.4) is 0 Å². The minimum atomic E-state index is -0.725. The number of hydrogen-bond acceptors (Lipinski definition) is 4. The van der Waals surface area contributed by atoms with Crippen molar-refractivity contribution in [3.8, 4) is 11.1 Å². The Bertz CT molecular complexity index is 724. The van der Waals surface area contributed by atoms with E-state index >= 15 is 0 Å². The van der Waals surface area contributed by atoms with Crippen molar-refractivity contribution in [2.75, 3.05) is 6.61 Å². The van der Waals surface area contributed by atoms with Crippen LogP contribution in [0, 0.1) is 0 Å². The number of carbonyl (C=O) groups excluding carboxylic acids is 2. The smallest absolute Gasteiger partial charge is 0.338 e. The summed E-state index contributed by atoms with van der Waals surface area (Å²) in [5.41, 5.74) is 10.3. The Morgan fingerprint density at radius 2 is 1.87 bits per heavy atom. The van der Waals surface area contributed by atoms with Crippen molar-refractivity contribution in [2.45, 2.75) is 6.92 Å². The number of nitrogens with zero attached hydrogens (tertiary/aromatic N) is 1. The maximum atomic E-state index is 11.7. The lowest BCUT2D eigenvalue weighted by molar-refractivity contribution is 0.0526. The van der Waals surface area contributed by atoms with E-state index in [9.17, 15) is 9.59 Å². The summed E-state index contributed by atoms with van der Waals surface area (Å²) in [7, 11) is 0. The highest BCUT2D eigenvalue weighted by Gasteiger charge is 2.08. The third-order valence-corrected chi connectivity index (χ3v) is 3.05. The zero-order chi connectivity index (χ0) is 16.7. The molecule has 6 heteroatoms. The number of amides is 2. The number of carbonyl (C=O) groups is 2. The summed E-state index contributed by atoms with van der Waals surface area (Å²) in [6.07, 6.45) is 1.51. The van der Waals surface area contributed by atoms with Crippen molar-refractivity contribution >= 4 is 18.2 Å². The summed E-state index contributed by atoms with van der Waals surface area (Å²) in [5.74, 6) is -0.348. The monoisotopic (exact) mass is 311 g/mol. The van der Waals surface area contributed by atoms with Gasteiger partial charge in [-0.2, -0.15) is 5.10 Å². The van der Waals surface area contributed by atoms with Crippen LogP contribution >= 0.6 is 0 Å². The van der Waals surface area contributed by atoms with Gasteiger partial charge in [-0.25, -0.2) is 15.0 Å². The minimum absolute atomic E-state index is 0.340. The third kappa shape index (κ3) is 4.41. The fraction of sp³-hybridized carbons (Fsp3) is 0.118. The normalized spacial score (nSPS) is 10.5. The van der Waals surface area contributed by atoms with E-state index in [1.807, 2.05) is 36.4 Å². The fourth-order valence-corrected chi connectivity index (χ4v) is 2.04. The minimum Gasteiger partial charge on any atom is -0.462 e. The van der Waals surface area contributed by atoms with Gasteiger partial charge in [0.15, 0.2) is 0 Å². The van der Waals surface area contributed by atoms with E-state index in [0.717, 1.165) is 16.7 Å². The van der Waals surface area contributed by atoms with E-state index in [4.69, 9.17) is 10.5 Å². The number of esters is 1. The molecule has 0 aliphatic heterocycles. The first-order chi connectivity index (χ1) is 11.1. The lowest BCUT2D eigenvalue weighted by Gasteiger charge is -2.07. The fourth-order valence-electron chi connectivity index (χ4n) is 2.04. The van der Waals surface area contributed by atoms with Gasteiger partial charge >= 0.3 is 12.0 Å². The van der Waals surface area contributed by atoms with Crippen LogP contribution in [0.2, 0.25) is 0 Å². The zero-order valence-corrected chi connectivity index (χ0v) is 12.7. The average molecular weight is 311 g/mol. The summed E-state index contributed by atoms with van der Waals surface area (Å²) in [5, 5.41) is 3.77. The molecular weight excluding hydrogens is 294 g/mol. The van der Waals surface area contributed by atoms with Crippen molar-refractivity contribution in [1.82, 2.24) is 5.43 Å². The summed E-state index contributed by atoms with van der Waals surface area (Å²) in [6, 6.07) is 13.9. The summed E-state index contributed by atoms with van der Waals surface area (Å²) >= 11 is 0. The predicted octanol–water partition coefficient (Wildman–Crippen LogP) is 2.53. The highest BCUT2D eigenvalue weighted by atomic mass is 16.5. The van der Waals surface area contributed by atoms with Gasteiger partial charge in [-0.1, -0.05) is 36.4 Å². The molecule has 0 aliphatic rings. The second kappa shape index (κ2) is 7.74. The second-order valence-corrected chi connectivity index (χ2v) is 4.62. The maximum Gasteiger partial charge on any atom is 0.338 e. The Balaban J connectivity index is 2.26. The van der Waals surface area contributed by atoms with E-state index in [1.54, 1.807) is 19.1 Å². The largest absolute Gasteiger partial charge is 0.462 e. The molecule has 2 amide bonds. The van der Waals surface area contributed by atoms with Crippen LogP contribution in [-0.4, -0.2) is 24.8 Å². The Kier molecular flexibility index (Phi) is 5.46. The van der Waals surface area contributed by atoms with Gasteiger partial charge in [0.25, 0.3) is 0 Å². The van der Waals surface area contributed by atoms with E-state index in [0.29, 0.717) is 12.2 Å². The number of ether oxygens (including phenoxy) is 1. The summed E-state index contributed by atoms with van der Waals surface area (Å²) in [6.45, 7) is 2.11. The molecule has 2 rings (SSSR count). The van der Waals surface area contributed by atoms with Gasteiger partial charge < -0.3 is 10.5 Å². The molecule has 0 spiro atoms. The molecule has 2 aromatic carbocycles. The van der Waals surface area contributed by atoms with E-state index in [-0.39, 0.29) is 5.97 Å². The first-order valence-electron chi connectivity index (χ1n) is 7.07. The first kappa shape index (κ1) is 16.2. The molecular formula is C17H17N3O3. The van der Waals surface area contributed by atoms with Crippen LogP contribution in [0.4, 0.5) is 4.79 Å². The van der Waals surface area contributed by atoms with E-state index in [2.05, 4.69) is 10.5 Å². The van der Waals surface area contributed by atoms with Crippen LogP contribution < -0.4 is 11.2 Å². The van der Waals surface area contributed by atoms with Crippen LogP contribution in [-0.2, 0) is 4.74 Å². The van der Waals surface area contributed by atoms with Gasteiger partial charge in [-0.15, -0.1) is 0 Å². The number of nitrogens with one attached hydrogen (secondary N) is 1. The molecule has 0 unspecified atom stereocenters. The zero-order valence-electron chi connectivity index (χ0n) is 12.7. The molecule has 0 heterocycles. The Hall–Kier alpha value is -3.15. The maximum absolute atomic E-state index is 11.7. The molecule has 6 nitrogen and oxygen atoms in total. The molecule has 2 aromatic rings. The molecule has 3 N–H and O–H groups in total. The summed E-state index contributed by atoms with van der Waals surface area (Å²) < 4.78 is 4.96. The van der Waals surface area contributed by atoms with E-state index in [1.165, 1.54) is 6.21 Å². The third-order valence-electron chi connectivity index (χ3n) is 3.05. The highest BCUT2D eigenvalue weighted by molar-refractivity contribution is 5.93. The van der Waals surface area contributed by atoms with Crippen molar-refractivity contribution in [3.05, 3.63) is 59.7 Å². The lowest BCUT2D eigenvalue weighted by Crippen LogP contribution is -2.24. The standard InChI is InChI=1S/C17H17N3O3/c1-2-23-16(21)13-9-7-12(8-10-13)15-6-4-3-5-14(15)11-19-20-17(18)22/h3-11H,2H2,1H3,(H3,18,20,22). The molecule has 0 saturated heterocycles. The van der Waals surface area contributed by atoms with Crippen molar-refractivity contribution < 1.29 is 14.3 Å². The number of hydrogen-bond donors (Lipinski definition) is 2. The molecule has 0 aliphatic carbocycles. The first-order valence-corrected chi connectivity index (χ1v) is 7.07. The molecule has 0 fully saturated rings. The molecule has 0 atom stereocenters. The number of primary amides is 1. The number of hydrazone groups is 1.